The molecule has 1 heterocycles. The quantitative estimate of drug-likeness (QED) is 0.825. The molecule has 0 saturated carbocycles. The molecule has 3 rings (SSSR count). The SMILES string of the molecule is Cc1ccc(C2C[C@@H](O)c3ccc(Br)cc3O2)cc1C. The van der Waals surface area contributed by atoms with Crippen LogP contribution in [0.2, 0.25) is 0 Å². The van der Waals surface area contributed by atoms with Gasteiger partial charge in [-0.15, -0.1) is 0 Å². The van der Waals surface area contributed by atoms with Gasteiger partial charge >= 0.3 is 0 Å². The van der Waals surface area contributed by atoms with E-state index in [0.29, 0.717) is 6.42 Å². The first-order chi connectivity index (χ1) is 9.54. The normalized spacial score (nSPS) is 21.2. The fourth-order valence-corrected chi connectivity index (χ4v) is 2.93. The van der Waals surface area contributed by atoms with Gasteiger partial charge in [-0.25, -0.2) is 0 Å². The summed E-state index contributed by atoms with van der Waals surface area (Å²) < 4.78 is 7.04. The van der Waals surface area contributed by atoms with Crippen LogP contribution in [0.15, 0.2) is 40.9 Å². The molecule has 2 aromatic carbocycles. The van der Waals surface area contributed by atoms with Crippen molar-refractivity contribution in [1.29, 1.82) is 0 Å². The Morgan fingerprint density at radius 1 is 1.10 bits per heavy atom. The third-order valence-electron chi connectivity index (χ3n) is 3.94. The molecule has 0 radical (unpaired) electrons. The zero-order valence-corrected chi connectivity index (χ0v) is 13.1. The van der Waals surface area contributed by atoms with E-state index < -0.39 is 6.10 Å². The Morgan fingerprint density at radius 3 is 2.65 bits per heavy atom. The molecule has 0 aliphatic carbocycles. The van der Waals surface area contributed by atoms with Crippen molar-refractivity contribution in [3.8, 4) is 5.75 Å². The predicted molar refractivity (Wildman–Crippen MR) is 83.0 cm³/mol. The Bertz CT molecular complexity index is 651. The standard InChI is InChI=1S/C17H17BrO2/c1-10-3-4-12(7-11(10)2)16-9-15(19)14-6-5-13(18)8-17(14)20-16/h3-8,15-16,19H,9H2,1-2H3/t15-,16?/m1/s1. The Balaban J connectivity index is 1.96. The Kier molecular flexibility index (Phi) is 3.57. The van der Waals surface area contributed by atoms with Gasteiger partial charge in [0.1, 0.15) is 11.9 Å². The lowest BCUT2D eigenvalue weighted by Crippen LogP contribution is -2.19. The summed E-state index contributed by atoms with van der Waals surface area (Å²) in [5.74, 6) is 0.765. The fourth-order valence-electron chi connectivity index (χ4n) is 2.59. The van der Waals surface area contributed by atoms with Crippen LogP contribution in [0.4, 0.5) is 0 Å². The maximum Gasteiger partial charge on any atom is 0.127 e. The second-order valence-electron chi connectivity index (χ2n) is 5.38. The molecule has 1 aliphatic heterocycles. The molecular weight excluding hydrogens is 316 g/mol. The number of ether oxygens (including phenoxy) is 1. The predicted octanol–water partition coefficient (Wildman–Crippen LogP) is 4.62. The largest absolute Gasteiger partial charge is 0.485 e. The topological polar surface area (TPSA) is 29.5 Å². The molecule has 20 heavy (non-hydrogen) atoms. The smallest absolute Gasteiger partial charge is 0.127 e. The van der Waals surface area contributed by atoms with E-state index >= 15 is 0 Å². The summed E-state index contributed by atoms with van der Waals surface area (Å²) >= 11 is 3.45. The summed E-state index contributed by atoms with van der Waals surface area (Å²) in [4.78, 5) is 0. The van der Waals surface area contributed by atoms with Gasteiger partial charge in [0.15, 0.2) is 0 Å². The van der Waals surface area contributed by atoms with Crippen LogP contribution in [0.25, 0.3) is 0 Å². The fraction of sp³-hybridized carbons (Fsp3) is 0.294. The van der Waals surface area contributed by atoms with Crippen LogP contribution in [0.5, 0.6) is 5.75 Å². The van der Waals surface area contributed by atoms with Gasteiger partial charge < -0.3 is 9.84 Å². The molecule has 2 atom stereocenters. The van der Waals surface area contributed by atoms with E-state index in [0.717, 1.165) is 21.3 Å². The molecule has 1 aliphatic rings. The van der Waals surface area contributed by atoms with Crippen molar-refractivity contribution >= 4 is 15.9 Å². The van der Waals surface area contributed by atoms with Gasteiger partial charge in [0.2, 0.25) is 0 Å². The monoisotopic (exact) mass is 332 g/mol. The molecule has 3 heteroatoms. The van der Waals surface area contributed by atoms with Crippen molar-refractivity contribution in [3.05, 3.63) is 63.1 Å². The highest BCUT2D eigenvalue weighted by molar-refractivity contribution is 9.10. The molecule has 0 aromatic heterocycles. The maximum absolute atomic E-state index is 10.3. The summed E-state index contributed by atoms with van der Waals surface area (Å²) in [7, 11) is 0. The van der Waals surface area contributed by atoms with Gasteiger partial charge in [-0.2, -0.15) is 0 Å². The van der Waals surface area contributed by atoms with Gasteiger partial charge in [0.25, 0.3) is 0 Å². The molecule has 0 amide bonds. The summed E-state index contributed by atoms with van der Waals surface area (Å²) in [6.45, 7) is 4.20. The number of hydrogen-bond acceptors (Lipinski definition) is 2. The van der Waals surface area contributed by atoms with E-state index in [9.17, 15) is 5.11 Å². The average Bonchev–Trinajstić information content (AvgIpc) is 2.41. The highest BCUT2D eigenvalue weighted by atomic mass is 79.9. The molecule has 2 nitrogen and oxygen atoms in total. The molecular formula is C17H17BrO2. The van der Waals surface area contributed by atoms with E-state index in [1.54, 1.807) is 0 Å². The van der Waals surface area contributed by atoms with Crippen LogP contribution in [0.1, 0.15) is 40.9 Å². The number of fused-ring (bicyclic) bond motifs is 1. The van der Waals surface area contributed by atoms with E-state index in [1.807, 2.05) is 18.2 Å². The second kappa shape index (κ2) is 5.23. The van der Waals surface area contributed by atoms with Crippen molar-refractivity contribution < 1.29 is 9.84 Å². The lowest BCUT2D eigenvalue weighted by atomic mass is 9.93. The molecule has 1 unspecified atom stereocenters. The van der Waals surface area contributed by atoms with Crippen LogP contribution in [-0.2, 0) is 0 Å². The average molecular weight is 333 g/mol. The second-order valence-corrected chi connectivity index (χ2v) is 6.30. The first kappa shape index (κ1) is 13.7. The first-order valence-electron chi connectivity index (χ1n) is 6.76. The number of aliphatic hydroxyl groups is 1. The molecule has 0 spiro atoms. The van der Waals surface area contributed by atoms with Crippen molar-refractivity contribution in [2.75, 3.05) is 0 Å². The van der Waals surface area contributed by atoms with Crippen LogP contribution >= 0.6 is 15.9 Å². The molecule has 0 bridgehead atoms. The third-order valence-corrected chi connectivity index (χ3v) is 4.44. The molecule has 2 aromatic rings. The van der Waals surface area contributed by atoms with Gasteiger partial charge in [-0.05, 0) is 42.7 Å². The highest BCUT2D eigenvalue weighted by Gasteiger charge is 2.28. The Hall–Kier alpha value is -1.32. The number of aliphatic hydroxyl groups excluding tert-OH is 1. The van der Waals surface area contributed by atoms with Crippen molar-refractivity contribution in [2.45, 2.75) is 32.5 Å². The molecule has 0 saturated heterocycles. The number of halogens is 1. The minimum atomic E-state index is -0.474. The zero-order valence-electron chi connectivity index (χ0n) is 11.6. The Morgan fingerprint density at radius 2 is 1.90 bits per heavy atom. The summed E-state index contributed by atoms with van der Waals surface area (Å²) in [6, 6.07) is 12.1. The summed E-state index contributed by atoms with van der Waals surface area (Å²) in [5, 5.41) is 10.3. The first-order valence-corrected chi connectivity index (χ1v) is 7.55. The molecule has 104 valence electrons. The van der Waals surface area contributed by atoms with E-state index in [4.69, 9.17) is 4.74 Å². The van der Waals surface area contributed by atoms with E-state index in [2.05, 4.69) is 48.0 Å². The third kappa shape index (κ3) is 2.48. The molecule has 1 N–H and O–H groups in total. The van der Waals surface area contributed by atoms with Gasteiger partial charge in [0.05, 0.1) is 6.10 Å². The summed E-state index contributed by atoms with van der Waals surface area (Å²) in [6.07, 6.45) is 0.0292. The molecule has 0 fully saturated rings. The summed E-state index contributed by atoms with van der Waals surface area (Å²) in [5.41, 5.74) is 4.51. The number of aryl methyl sites for hydroxylation is 2. The van der Waals surface area contributed by atoms with E-state index in [-0.39, 0.29) is 6.10 Å². The van der Waals surface area contributed by atoms with Crippen LogP contribution < -0.4 is 4.74 Å². The van der Waals surface area contributed by atoms with E-state index in [1.165, 1.54) is 11.1 Å². The van der Waals surface area contributed by atoms with Crippen LogP contribution in [-0.4, -0.2) is 5.11 Å². The van der Waals surface area contributed by atoms with Crippen LogP contribution in [0.3, 0.4) is 0 Å². The Labute approximate surface area is 127 Å². The number of benzene rings is 2. The minimum Gasteiger partial charge on any atom is -0.485 e. The van der Waals surface area contributed by atoms with Gasteiger partial charge in [0, 0.05) is 16.5 Å². The lowest BCUT2D eigenvalue weighted by molar-refractivity contribution is 0.0656. The minimum absolute atomic E-state index is 0.0916. The maximum atomic E-state index is 10.3. The lowest BCUT2D eigenvalue weighted by Gasteiger charge is -2.30. The number of rotatable bonds is 1. The number of hydrogen-bond donors (Lipinski definition) is 1. The van der Waals surface area contributed by atoms with Crippen molar-refractivity contribution in [1.82, 2.24) is 0 Å². The van der Waals surface area contributed by atoms with Gasteiger partial charge in [-0.3, -0.25) is 0 Å². The van der Waals surface area contributed by atoms with Gasteiger partial charge in [-0.1, -0.05) is 40.2 Å². The van der Waals surface area contributed by atoms with Crippen molar-refractivity contribution in [2.24, 2.45) is 0 Å². The van der Waals surface area contributed by atoms with Crippen LogP contribution in [0, 0.1) is 13.8 Å². The van der Waals surface area contributed by atoms with Crippen molar-refractivity contribution in [3.63, 3.8) is 0 Å². The highest BCUT2D eigenvalue weighted by Crippen LogP contribution is 2.42. The zero-order chi connectivity index (χ0) is 14.3.